The predicted octanol–water partition coefficient (Wildman–Crippen LogP) is 1.20. The van der Waals surface area contributed by atoms with Gasteiger partial charge in [0.1, 0.15) is 5.75 Å². The Labute approximate surface area is 105 Å². The van der Waals surface area contributed by atoms with Crippen molar-refractivity contribution in [1.82, 2.24) is 0 Å². The molecule has 0 aliphatic heterocycles. The van der Waals surface area contributed by atoms with E-state index in [-0.39, 0.29) is 41.5 Å². The Bertz CT molecular complexity index is 289. The molecule has 0 aromatic heterocycles. The number of hydrogen-bond donors (Lipinski definition) is 1. The van der Waals surface area contributed by atoms with E-state index in [1.54, 1.807) is 0 Å². The minimum absolute atomic E-state index is 0. The van der Waals surface area contributed by atoms with Crippen LogP contribution in [0.25, 0.3) is 0 Å². The summed E-state index contributed by atoms with van der Waals surface area (Å²) >= 11 is -0.293. The third kappa shape index (κ3) is 3.43. The average molecular weight is 208 g/mol. The molecule has 1 aromatic rings. The van der Waals surface area contributed by atoms with Crippen LogP contribution < -0.4 is 4.18 Å². The monoisotopic (exact) mass is 208 g/mol. The summed E-state index contributed by atoms with van der Waals surface area (Å²) in [5, 5.41) is 0. The minimum atomic E-state index is -0.293. The summed E-state index contributed by atoms with van der Waals surface area (Å²) in [6.07, 6.45) is 0. The molecule has 0 heterocycles. The van der Waals surface area contributed by atoms with Gasteiger partial charge in [-0.1, -0.05) is 17.7 Å². The van der Waals surface area contributed by atoms with Gasteiger partial charge < -0.3 is 4.18 Å². The fraction of sp³-hybridized carbons (Fsp3) is 0.333. The molecule has 1 aromatic carbocycles. The Hall–Kier alpha value is 0.170. The maximum atomic E-state index is 10.2. The van der Waals surface area contributed by atoms with Crippen molar-refractivity contribution in [2.75, 3.05) is 0 Å². The van der Waals surface area contributed by atoms with E-state index in [9.17, 15) is 4.21 Å². The Kier molecular flexibility index (Phi) is 5.88. The second-order valence-corrected chi connectivity index (χ2v) is 3.23. The molecule has 0 N–H and O–H groups in total. The molecule has 0 spiro atoms. The number of hydrogen-bond acceptors (Lipinski definition) is 2. The van der Waals surface area contributed by atoms with Crippen LogP contribution >= 0.6 is 0 Å². The number of benzene rings is 1. The topological polar surface area (TPSA) is 26.3 Å². The standard InChI is InChI=1S/C9H12O2S.Na.H/c1-6-4-7(2)9(11-12-10)8(3)5-6;;/h4-5,12H,1-3H3;;. The van der Waals surface area contributed by atoms with Crippen molar-refractivity contribution in [3.63, 3.8) is 0 Å². The molecule has 0 atom stereocenters. The van der Waals surface area contributed by atoms with Crippen LogP contribution in [0, 0.1) is 20.8 Å². The van der Waals surface area contributed by atoms with E-state index in [0.717, 1.165) is 16.9 Å². The van der Waals surface area contributed by atoms with Gasteiger partial charge in [0.15, 0.2) is 11.9 Å². The average Bonchev–Trinajstić information content (AvgIpc) is 1.96. The zero-order valence-electron chi connectivity index (χ0n) is 7.42. The summed E-state index contributed by atoms with van der Waals surface area (Å²) < 4.78 is 15.2. The number of aryl methyl sites for hydroxylation is 3. The molecular weight excluding hydrogens is 195 g/mol. The van der Waals surface area contributed by atoms with Gasteiger partial charge in [0.05, 0.1) is 0 Å². The van der Waals surface area contributed by atoms with Crippen LogP contribution in [0.3, 0.4) is 0 Å². The molecule has 68 valence electrons. The Morgan fingerprint density at radius 2 is 1.62 bits per heavy atom. The van der Waals surface area contributed by atoms with Crippen LogP contribution in [0.4, 0.5) is 0 Å². The van der Waals surface area contributed by atoms with Gasteiger partial charge in [0, 0.05) is 0 Å². The fourth-order valence-corrected chi connectivity index (χ4v) is 1.71. The summed E-state index contributed by atoms with van der Waals surface area (Å²) in [7, 11) is 0. The third-order valence-corrected chi connectivity index (χ3v) is 1.99. The maximum absolute atomic E-state index is 10.2. The van der Waals surface area contributed by atoms with Gasteiger partial charge in [-0.15, -0.1) is 0 Å². The van der Waals surface area contributed by atoms with E-state index in [1.165, 1.54) is 5.56 Å². The molecule has 0 unspecified atom stereocenters. The van der Waals surface area contributed by atoms with E-state index in [0.29, 0.717) is 0 Å². The quantitative estimate of drug-likeness (QED) is 0.584. The molecule has 2 nitrogen and oxygen atoms in total. The van der Waals surface area contributed by atoms with Gasteiger partial charge in [-0.2, -0.15) is 0 Å². The number of rotatable bonds is 2. The molecule has 0 saturated carbocycles. The normalized spacial score (nSPS) is 9.15. The van der Waals surface area contributed by atoms with Crippen LogP contribution in [0.15, 0.2) is 12.1 Å². The zero-order chi connectivity index (χ0) is 9.14. The summed E-state index contributed by atoms with van der Waals surface area (Å²) in [5.41, 5.74) is 3.24. The van der Waals surface area contributed by atoms with Gasteiger partial charge in [0.25, 0.3) is 0 Å². The van der Waals surface area contributed by atoms with Crippen LogP contribution in [0.5, 0.6) is 5.75 Å². The van der Waals surface area contributed by atoms with Crippen molar-refractivity contribution in [3.8, 4) is 5.75 Å². The fourth-order valence-electron chi connectivity index (χ4n) is 1.35. The van der Waals surface area contributed by atoms with Crippen molar-refractivity contribution in [2.24, 2.45) is 0 Å². The molecule has 1 rings (SSSR count). The molecule has 0 radical (unpaired) electrons. The molecule has 0 saturated heterocycles. The van der Waals surface area contributed by atoms with E-state index >= 15 is 0 Å². The molecule has 4 heteroatoms. The summed E-state index contributed by atoms with van der Waals surface area (Å²) in [6, 6.07) is 4.01. The van der Waals surface area contributed by atoms with Gasteiger partial charge in [-0.05, 0) is 31.9 Å². The Morgan fingerprint density at radius 3 is 2.00 bits per heavy atom. The van der Waals surface area contributed by atoms with Crippen molar-refractivity contribution >= 4 is 41.5 Å². The third-order valence-electron chi connectivity index (χ3n) is 1.73. The first kappa shape index (κ1) is 13.2. The molecule has 0 aliphatic rings. The van der Waals surface area contributed by atoms with E-state index < -0.39 is 0 Å². The Morgan fingerprint density at radius 1 is 1.15 bits per heavy atom. The SMILES string of the molecule is Cc1cc(C)c(O[SH]=O)c(C)c1.[NaH]. The van der Waals surface area contributed by atoms with Crippen LogP contribution in [0.2, 0.25) is 0 Å². The van der Waals surface area contributed by atoms with Crippen LogP contribution in [-0.2, 0) is 11.9 Å². The van der Waals surface area contributed by atoms with Crippen LogP contribution in [-0.4, -0.2) is 33.8 Å². The van der Waals surface area contributed by atoms with Crippen molar-refractivity contribution in [1.29, 1.82) is 0 Å². The second kappa shape index (κ2) is 5.81. The molecule has 0 aliphatic carbocycles. The van der Waals surface area contributed by atoms with Crippen molar-refractivity contribution < 1.29 is 8.39 Å². The molecule has 0 amide bonds. The van der Waals surface area contributed by atoms with E-state index in [4.69, 9.17) is 4.18 Å². The molecule has 0 fully saturated rings. The van der Waals surface area contributed by atoms with E-state index in [1.807, 2.05) is 32.9 Å². The Balaban J connectivity index is 0.00000144. The van der Waals surface area contributed by atoms with Gasteiger partial charge in [0.2, 0.25) is 0 Å². The van der Waals surface area contributed by atoms with E-state index in [2.05, 4.69) is 0 Å². The van der Waals surface area contributed by atoms with Crippen molar-refractivity contribution in [2.45, 2.75) is 20.8 Å². The summed E-state index contributed by atoms with van der Waals surface area (Å²) in [6.45, 7) is 5.92. The first-order chi connectivity index (χ1) is 5.65. The van der Waals surface area contributed by atoms with Gasteiger partial charge in [-0.25, -0.2) is 4.21 Å². The first-order valence-corrected chi connectivity index (χ1v) is 4.45. The zero-order valence-corrected chi connectivity index (χ0v) is 8.31. The van der Waals surface area contributed by atoms with Gasteiger partial charge >= 0.3 is 29.6 Å². The van der Waals surface area contributed by atoms with Crippen LogP contribution in [0.1, 0.15) is 16.7 Å². The first-order valence-electron chi connectivity index (χ1n) is 3.72. The summed E-state index contributed by atoms with van der Waals surface area (Å²) in [5.74, 6) is 0.720. The molecular formula is C9H13NaO2S. The van der Waals surface area contributed by atoms with Crippen molar-refractivity contribution in [3.05, 3.63) is 28.8 Å². The molecule has 13 heavy (non-hydrogen) atoms. The summed E-state index contributed by atoms with van der Waals surface area (Å²) in [4.78, 5) is 0. The number of thiol groups is 1. The molecule has 0 bridgehead atoms. The van der Waals surface area contributed by atoms with Gasteiger partial charge in [-0.3, -0.25) is 0 Å². The second-order valence-electron chi connectivity index (χ2n) is 2.89. The predicted molar refractivity (Wildman–Crippen MR) is 58.0 cm³/mol.